The van der Waals surface area contributed by atoms with Gasteiger partial charge < -0.3 is 14.8 Å². The molecule has 0 aliphatic carbocycles. The van der Waals surface area contributed by atoms with Crippen molar-refractivity contribution < 1.29 is 23.0 Å². The summed E-state index contributed by atoms with van der Waals surface area (Å²) in [6.07, 6.45) is 0.433. The van der Waals surface area contributed by atoms with E-state index in [1.807, 2.05) is 12.1 Å². The third-order valence-electron chi connectivity index (χ3n) is 4.73. The molecule has 2 aromatic carbocycles. The molecular formula is C22H26F2N2O3. The van der Waals surface area contributed by atoms with Crippen molar-refractivity contribution in [1.29, 1.82) is 0 Å². The van der Waals surface area contributed by atoms with Crippen LogP contribution in [0.1, 0.15) is 23.6 Å². The molecule has 1 N–H and O–H groups in total. The minimum Gasteiger partial charge on any atom is -0.435 e. The van der Waals surface area contributed by atoms with Crippen molar-refractivity contribution in [2.24, 2.45) is 0 Å². The highest BCUT2D eigenvalue weighted by atomic mass is 19.3. The summed E-state index contributed by atoms with van der Waals surface area (Å²) >= 11 is 0. The molecule has 0 radical (unpaired) electrons. The normalized spacial score (nSPS) is 17.3. The molecule has 0 aromatic heterocycles. The van der Waals surface area contributed by atoms with Gasteiger partial charge in [-0.1, -0.05) is 36.4 Å². The highest BCUT2D eigenvalue weighted by Crippen LogP contribution is 2.15. The number of rotatable bonds is 8. The third kappa shape index (κ3) is 7.11. The molecule has 2 aromatic rings. The van der Waals surface area contributed by atoms with E-state index in [0.29, 0.717) is 6.54 Å². The largest absolute Gasteiger partial charge is 0.435 e. The number of nitrogens with one attached hydrogen (secondary N) is 1. The number of carbonyl (C=O) groups is 1. The van der Waals surface area contributed by atoms with E-state index >= 15 is 0 Å². The van der Waals surface area contributed by atoms with Gasteiger partial charge >= 0.3 is 6.61 Å². The molecule has 1 fully saturated rings. The Labute approximate surface area is 169 Å². The van der Waals surface area contributed by atoms with Crippen LogP contribution in [0.2, 0.25) is 0 Å². The quantitative estimate of drug-likeness (QED) is 0.733. The average Bonchev–Trinajstić information content (AvgIpc) is 2.68. The van der Waals surface area contributed by atoms with Crippen LogP contribution in [-0.4, -0.2) is 43.2 Å². The fourth-order valence-corrected chi connectivity index (χ4v) is 3.37. The number of benzene rings is 2. The van der Waals surface area contributed by atoms with Crippen molar-refractivity contribution >= 4 is 5.91 Å². The van der Waals surface area contributed by atoms with Crippen molar-refractivity contribution in [2.45, 2.75) is 39.1 Å². The second-order valence-electron chi connectivity index (χ2n) is 7.21. The smallest absolute Gasteiger partial charge is 0.387 e. The molecule has 156 valence electrons. The Morgan fingerprint density at radius 1 is 1.21 bits per heavy atom. The Bertz CT molecular complexity index is 799. The molecule has 1 saturated heterocycles. The molecule has 0 saturated carbocycles. The van der Waals surface area contributed by atoms with Crippen LogP contribution in [0.4, 0.5) is 8.78 Å². The zero-order chi connectivity index (χ0) is 20.6. The van der Waals surface area contributed by atoms with E-state index in [0.717, 1.165) is 37.4 Å². The van der Waals surface area contributed by atoms with Crippen LogP contribution in [0.5, 0.6) is 5.75 Å². The maximum atomic E-state index is 12.2. The maximum absolute atomic E-state index is 12.2. The lowest BCUT2D eigenvalue weighted by molar-refractivity contribution is -0.120. The van der Waals surface area contributed by atoms with Gasteiger partial charge in [-0.15, -0.1) is 0 Å². The number of hydrogen-bond donors (Lipinski definition) is 1. The van der Waals surface area contributed by atoms with Gasteiger partial charge in [0, 0.05) is 26.2 Å². The molecule has 1 heterocycles. The average molecular weight is 404 g/mol. The summed E-state index contributed by atoms with van der Waals surface area (Å²) in [5, 5.41) is 2.91. The Morgan fingerprint density at radius 2 is 1.97 bits per heavy atom. The van der Waals surface area contributed by atoms with Crippen LogP contribution in [0.25, 0.3) is 0 Å². The first-order chi connectivity index (χ1) is 14.0. The first-order valence-corrected chi connectivity index (χ1v) is 9.70. The molecule has 3 rings (SSSR count). The highest BCUT2D eigenvalue weighted by Gasteiger charge is 2.16. The monoisotopic (exact) mass is 404 g/mol. The fourth-order valence-electron chi connectivity index (χ4n) is 3.37. The summed E-state index contributed by atoms with van der Waals surface area (Å²) in [7, 11) is 0. The summed E-state index contributed by atoms with van der Waals surface area (Å²) in [5.74, 6) is -0.0458. The Morgan fingerprint density at radius 3 is 2.69 bits per heavy atom. The number of morpholine rings is 1. The minimum absolute atomic E-state index is 0.0793. The molecule has 7 heteroatoms. The number of alkyl halides is 2. The molecular weight excluding hydrogens is 378 g/mol. The maximum Gasteiger partial charge on any atom is 0.387 e. The standard InChI is InChI=1S/C22H26F2N2O3/c1-16-14-26(9-10-28-16)15-19-4-2-3-18(11-19)13-25-21(27)12-17-5-7-20(8-6-17)29-22(23)24/h2-8,11,16,22H,9-10,12-15H2,1H3,(H,25,27). The van der Waals surface area contributed by atoms with E-state index in [9.17, 15) is 13.6 Å². The number of ether oxygens (including phenoxy) is 2. The summed E-state index contributed by atoms with van der Waals surface area (Å²) in [6.45, 7) is 3.13. The first-order valence-electron chi connectivity index (χ1n) is 9.70. The Hall–Kier alpha value is -2.51. The van der Waals surface area contributed by atoms with Gasteiger partial charge in [0.1, 0.15) is 5.75 Å². The Balaban J connectivity index is 1.47. The number of halogens is 2. The molecule has 0 bridgehead atoms. The van der Waals surface area contributed by atoms with E-state index in [-0.39, 0.29) is 24.2 Å². The zero-order valence-corrected chi connectivity index (χ0v) is 16.4. The summed E-state index contributed by atoms with van der Waals surface area (Å²) in [4.78, 5) is 14.6. The second kappa shape index (κ2) is 10.3. The molecule has 1 aliphatic rings. The van der Waals surface area contributed by atoms with Crippen LogP contribution < -0.4 is 10.1 Å². The first kappa shape index (κ1) is 21.2. The van der Waals surface area contributed by atoms with Crippen LogP contribution in [-0.2, 0) is 29.0 Å². The molecule has 0 spiro atoms. The van der Waals surface area contributed by atoms with Crippen LogP contribution >= 0.6 is 0 Å². The summed E-state index contributed by atoms with van der Waals surface area (Å²) < 4.78 is 34.2. The van der Waals surface area contributed by atoms with E-state index < -0.39 is 6.61 Å². The van der Waals surface area contributed by atoms with E-state index in [4.69, 9.17) is 4.74 Å². The molecule has 1 unspecified atom stereocenters. The van der Waals surface area contributed by atoms with Gasteiger partial charge in [0.2, 0.25) is 5.91 Å². The van der Waals surface area contributed by atoms with Gasteiger partial charge in [-0.3, -0.25) is 9.69 Å². The van der Waals surface area contributed by atoms with Crippen molar-refractivity contribution in [1.82, 2.24) is 10.2 Å². The highest BCUT2D eigenvalue weighted by molar-refractivity contribution is 5.78. The van der Waals surface area contributed by atoms with Gasteiger partial charge in [0.05, 0.1) is 19.1 Å². The van der Waals surface area contributed by atoms with Crippen LogP contribution in [0.15, 0.2) is 48.5 Å². The number of amides is 1. The topological polar surface area (TPSA) is 50.8 Å². The third-order valence-corrected chi connectivity index (χ3v) is 4.73. The summed E-state index contributed by atoms with van der Waals surface area (Å²) in [5.41, 5.74) is 2.98. The number of carbonyl (C=O) groups excluding carboxylic acids is 1. The van der Waals surface area contributed by atoms with Gasteiger partial charge in [-0.2, -0.15) is 8.78 Å². The molecule has 29 heavy (non-hydrogen) atoms. The Kier molecular flexibility index (Phi) is 7.55. The van der Waals surface area contributed by atoms with Gasteiger partial charge in [-0.05, 0) is 35.7 Å². The van der Waals surface area contributed by atoms with Gasteiger partial charge in [0.25, 0.3) is 0 Å². The predicted octanol–water partition coefficient (Wildman–Crippen LogP) is 3.37. The fraction of sp³-hybridized carbons (Fsp3) is 0.409. The lowest BCUT2D eigenvalue weighted by Crippen LogP contribution is -2.40. The lowest BCUT2D eigenvalue weighted by Gasteiger charge is -2.31. The zero-order valence-electron chi connectivity index (χ0n) is 16.4. The van der Waals surface area contributed by atoms with Crippen molar-refractivity contribution in [3.05, 3.63) is 65.2 Å². The van der Waals surface area contributed by atoms with Crippen LogP contribution in [0.3, 0.4) is 0 Å². The predicted molar refractivity (Wildman–Crippen MR) is 106 cm³/mol. The second-order valence-corrected chi connectivity index (χ2v) is 7.21. The van der Waals surface area contributed by atoms with Crippen molar-refractivity contribution in [3.63, 3.8) is 0 Å². The molecule has 5 nitrogen and oxygen atoms in total. The molecule has 1 aliphatic heterocycles. The number of nitrogens with zero attached hydrogens (tertiary/aromatic N) is 1. The van der Waals surface area contributed by atoms with Gasteiger partial charge in [-0.25, -0.2) is 0 Å². The number of hydrogen-bond acceptors (Lipinski definition) is 4. The van der Waals surface area contributed by atoms with Gasteiger partial charge in [0.15, 0.2) is 0 Å². The molecule has 1 amide bonds. The SMILES string of the molecule is CC1CN(Cc2cccc(CNC(=O)Cc3ccc(OC(F)F)cc3)c2)CCO1. The molecule has 1 atom stereocenters. The van der Waals surface area contributed by atoms with E-state index in [1.54, 1.807) is 12.1 Å². The minimum atomic E-state index is -2.86. The lowest BCUT2D eigenvalue weighted by atomic mass is 10.1. The van der Waals surface area contributed by atoms with E-state index in [2.05, 4.69) is 34.0 Å². The van der Waals surface area contributed by atoms with Crippen molar-refractivity contribution in [2.75, 3.05) is 19.7 Å². The van der Waals surface area contributed by atoms with Crippen molar-refractivity contribution in [3.8, 4) is 5.75 Å². The summed E-state index contributed by atoms with van der Waals surface area (Å²) in [6, 6.07) is 14.3. The van der Waals surface area contributed by atoms with E-state index in [1.165, 1.54) is 17.7 Å². The van der Waals surface area contributed by atoms with Crippen LogP contribution in [0, 0.1) is 0 Å².